The Bertz CT molecular complexity index is 1300. The lowest BCUT2D eigenvalue weighted by molar-refractivity contribution is -0.384. The lowest BCUT2D eigenvalue weighted by atomic mass is 9.80. The number of rotatable bonds is 7. The van der Waals surface area contributed by atoms with E-state index in [1.807, 2.05) is 42.5 Å². The summed E-state index contributed by atoms with van der Waals surface area (Å²) in [7, 11) is 1.25. The van der Waals surface area contributed by atoms with Crippen LogP contribution in [0, 0.1) is 10.1 Å². The third-order valence-corrected chi connectivity index (χ3v) is 6.46. The number of nitrogens with zero attached hydrogens (tertiary/aromatic N) is 2. The Hall–Kier alpha value is -4.24. The molecule has 0 bridgehead atoms. The second-order valence-corrected chi connectivity index (χ2v) is 9.03. The predicted octanol–water partition coefficient (Wildman–Crippen LogP) is 3.99. The third-order valence-electron chi connectivity index (χ3n) is 6.46. The molecule has 0 saturated carbocycles. The Kier molecular flexibility index (Phi) is 7.83. The van der Waals surface area contributed by atoms with Crippen molar-refractivity contribution in [2.24, 2.45) is 0 Å². The summed E-state index contributed by atoms with van der Waals surface area (Å²) in [5.74, 6) is -2.13. The maximum absolute atomic E-state index is 13.6. The lowest BCUT2D eigenvalue weighted by Gasteiger charge is -2.32. The van der Waals surface area contributed by atoms with Crippen LogP contribution in [0.15, 0.2) is 89.3 Å². The minimum atomic E-state index is -0.894. The first kappa shape index (κ1) is 25.8. The average molecular weight is 504 g/mol. The summed E-state index contributed by atoms with van der Waals surface area (Å²) in [5, 5.41) is 14.5. The zero-order valence-corrected chi connectivity index (χ0v) is 21.0. The average Bonchev–Trinajstić information content (AvgIpc) is 2.88. The highest BCUT2D eigenvalue weighted by Gasteiger charge is 2.39. The number of nitro benzene ring substituents is 1. The van der Waals surface area contributed by atoms with Gasteiger partial charge in [0.2, 0.25) is 0 Å². The Morgan fingerprint density at radius 3 is 2.43 bits per heavy atom. The fraction of sp³-hybridized carbons (Fsp3) is 0.286. The maximum atomic E-state index is 13.6. The number of carbonyl (C=O) groups excluding carboxylic acids is 2. The largest absolute Gasteiger partial charge is 0.466 e. The molecule has 9 nitrogen and oxygen atoms in total. The monoisotopic (exact) mass is 503 g/mol. The summed E-state index contributed by atoms with van der Waals surface area (Å²) >= 11 is 0. The lowest BCUT2D eigenvalue weighted by Crippen LogP contribution is -2.39. The van der Waals surface area contributed by atoms with Gasteiger partial charge in [0.1, 0.15) is 6.10 Å². The van der Waals surface area contributed by atoms with E-state index in [0.717, 1.165) is 12.1 Å². The van der Waals surface area contributed by atoms with Crippen LogP contribution in [0.4, 0.5) is 5.69 Å². The topological polar surface area (TPSA) is 111 Å². The summed E-state index contributed by atoms with van der Waals surface area (Å²) < 4.78 is 10.9. The molecule has 0 radical (unpaired) electrons. The van der Waals surface area contributed by atoms with E-state index in [4.69, 9.17) is 9.47 Å². The van der Waals surface area contributed by atoms with E-state index < -0.39 is 28.9 Å². The van der Waals surface area contributed by atoms with Crippen LogP contribution in [0.2, 0.25) is 0 Å². The molecule has 2 aromatic rings. The fourth-order valence-electron chi connectivity index (χ4n) is 4.80. The van der Waals surface area contributed by atoms with Gasteiger partial charge in [-0.1, -0.05) is 48.5 Å². The van der Waals surface area contributed by atoms with Gasteiger partial charge in [0.05, 0.1) is 29.1 Å². The molecule has 2 unspecified atom stereocenters. The smallest absolute Gasteiger partial charge is 0.337 e. The molecule has 0 fully saturated rings. The normalized spacial score (nSPS) is 19.9. The van der Waals surface area contributed by atoms with Crippen LogP contribution >= 0.6 is 0 Å². The van der Waals surface area contributed by atoms with Crippen molar-refractivity contribution in [2.75, 3.05) is 20.2 Å². The number of methoxy groups -OCH3 is 1. The summed E-state index contributed by atoms with van der Waals surface area (Å²) in [6.07, 6.45) is 3.33. The van der Waals surface area contributed by atoms with Crippen molar-refractivity contribution in [1.29, 1.82) is 0 Å². The standard InChI is InChI=1S/C28H29N3O6/c1-18-24(27(32)36-3)26(21-11-7-12-22(15-21)31(34)35)25(19(2)29-18)28(33)37-23-13-8-14-30(17-23)16-20-9-5-4-6-10-20/h4-13,15,23,26,29H,14,16-17H2,1-3H3. The molecular weight excluding hydrogens is 474 g/mol. The SMILES string of the molecule is COC(=O)C1=C(C)NC(C)=C(C(=O)OC2C=CCN(Cc3ccccc3)C2)C1c1cccc([N+](=O)[O-])c1. The number of dihydropyridines is 1. The number of nitro groups is 1. The molecule has 192 valence electrons. The van der Waals surface area contributed by atoms with Crippen molar-refractivity contribution in [3.63, 3.8) is 0 Å². The van der Waals surface area contributed by atoms with Gasteiger partial charge in [0.15, 0.2) is 0 Å². The van der Waals surface area contributed by atoms with Crippen LogP contribution in [0.3, 0.4) is 0 Å². The van der Waals surface area contributed by atoms with E-state index in [1.165, 1.54) is 25.3 Å². The van der Waals surface area contributed by atoms with Gasteiger partial charge in [-0.15, -0.1) is 0 Å². The van der Waals surface area contributed by atoms with Gasteiger partial charge in [0.25, 0.3) is 5.69 Å². The van der Waals surface area contributed by atoms with Crippen LogP contribution in [0.1, 0.15) is 30.9 Å². The molecular formula is C28H29N3O6. The molecule has 0 spiro atoms. The highest BCUT2D eigenvalue weighted by Crippen LogP contribution is 2.40. The van der Waals surface area contributed by atoms with E-state index in [0.29, 0.717) is 30.0 Å². The highest BCUT2D eigenvalue weighted by atomic mass is 16.6. The van der Waals surface area contributed by atoms with Gasteiger partial charge in [-0.25, -0.2) is 9.59 Å². The van der Waals surface area contributed by atoms with Gasteiger partial charge in [-0.05, 0) is 31.1 Å². The van der Waals surface area contributed by atoms with Crippen molar-refractivity contribution < 1.29 is 24.0 Å². The number of benzene rings is 2. The Labute approximate surface area is 215 Å². The van der Waals surface area contributed by atoms with E-state index >= 15 is 0 Å². The molecule has 0 aromatic heterocycles. The first-order valence-corrected chi connectivity index (χ1v) is 11.9. The molecule has 37 heavy (non-hydrogen) atoms. The number of carbonyl (C=O) groups is 2. The first-order chi connectivity index (χ1) is 17.8. The van der Waals surface area contributed by atoms with E-state index in [1.54, 1.807) is 19.9 Å². The van der Waals surface area contributed by atoms with Gasteiger partial charge in [-0.2, -0.15) is 0 Å². The second kappa shape index (κ2) is 11.2. The Morgan fingerprint density at radius 1 is 1.05 bits per heavy atom. The molecule has 0 amide bonds. The Morgan fingerprint density at radius 2 is 1.76 bits per heavy atom. The third kappa shape index (κ3) is 5.78. The summed E-state index contributed by atoms with van der Waals surface area (Å²) in [4.78, 5) is 39.6. The molecule has 2 aromatic carbocycles. The number of non-ortho nitro benzene ring substituents is 1. The van der Waals surface area contributed by atoms with Crippen molar-refractivity contribution in [1.82, 2.24) is 10.2 Å². The van der Waals surface area contributed by atoms with Crippen molar-refractivity contribution in [3.05, 3.63) is 111 Å². The van der Waals surface area contributed by atoms with Crippen LogP contribution in [0.5, 0.6) is 0 Å². The molecule has 2 atom stereocenters. The summed E-state index contributed by atoms with van der Waals surface area (Å²) in [6, 6.07) is 16.0. The summed E-state index contributed by atoms with van der Waals surface area (Å²) in [6.45, 7) is 5.38. The number of esters is 2. The molecule has 0 saturated heterocycles. The minimum Gasteiger partial charge on any atom is -0.466 e. The van der Waals surface area contributed by atoms with Crippen molar-refractivity contribution >= 4 is 17.6 Å². The first-order valence-electron chi connectivity index (χ1n) is 11.9. The van der Waals surface area contributed by atoms with Gasteiger partial charge < -0.3 is 14.8 Å². The van der Waals surface area contributed by atoms with Gasteiger partial charge in [0, 0.05) is 43.2 Å². The molecule has 2 aliphatic heterocycles. The zero-order valence-electron chi connectivity index (χ0n) is 21.0. The molecule has 2 aliphatic rings. The van der Waals surface area contributed by atoms with Crippen LogP contribution in [0.25, 0.3) is 0 Å². The zero-order chi connectivity index (χ0) is 26.5. The van der Waals surface area contributed by atoms with Gasteiger partial charge in [-0.3, -0.25) is 15.0 Å². The van der Waals surface area contributed by atoms with E-state index in [-0.39, 0.29) is 16.8 Å². The highest BCUT2D eigenvalue weighted by molar-refractivity contribution is 6.00. The molecule has 9 heteroatoms. The number of ether oxygens (including phenoxy) is 2. The van der Waals surface area contributed by atoms with Crippen molar-refractivity contribution in [3.8, 4) is 0 Å². The Balaban J connectivity index is 1.63. The number of allylic oxidation sites excluding steroid dienone is 2. The quantitative estimate of drug-likeness (QED) is 0.261. The minimum absolute atomic E-state index is 0.143. The fourth-order valence-corrected chi connectivity index (χ4v) is 4.80. The van der Waals surface area contributed by atoms with E-state index in [2.05, 4.69) is 10.2 Å². The van der Waals surface area contributed by atoms with Crippen LogP contribution in [-0.2, 0) is 25.6 Å². The number of hydrogen-bond donors (Lipinski definition) is 1. The predicted molar refractivity (Wildman–Crippen MR) is 137 cm³/mol. The van der Waals surface area contributed by atoms with Crippen LogP contribution < -0.4 is 5.32 Å². The number of hydrogen-bond acceptors (Lipinski definition) is 8. The molecule has 0 aliphatic carbocycles. The van der Waals surface area contributed by atoms with Crippen LogP contribution in [-0.4, -0.2) is 48.1 Å². The molecule has 4 rings (SSSR count). The molecule has 1 N–H and O–H groups in total. The van der Waals surface area contributed by atoms with E-state index in [9.17, 15) is 19.7 Å². The maximum Gasteiger partial charge on any atom is 0.337 e. The summed E-state index contributed by atoms with van der Waals surface area (Å²) in [5.41, 5.74) is 2.86. The second-order valence-electron chi connectivity index (χ2n) is 9.03. The van der Waals surface area contributed by atoms with Gasteiger partial charge >= 0.3 is 11.9 Å². The number of nitrogens with one attached hydrogen (secondary N) is 1. The van der Waals surface area contributed by atoms with Crippen molar-refractivity contribution in [2.45, 2.75) is 32.4 Å². The molecule has 2 heterocycles.